The molecule has 2 aromatic heterocycles. The predicted molar refractivity (Wildman–Crippen MR) is 192 cm³/mol. The molecule has 0 bridgehead atoms. The fourth-order valence-corrected chi connectivity index (χ4v) is 7.04. The summed E-state index contributed by atoms with van der Waals surface area (Å²) < 4.78 is 0. The van der Waals surface area contributed by atoms with E-state index < -0.39 is 0 Å². The normalized spacial score (nSPS) is 11.6. The lowest BCUT2D eigenvalue weighted by Crippen LogP contribution is -2.13. The van der Waals surface area contributed by atoms with Gasteiger partial charge < -0.3 is 20.0 Å². The minimum atomic E-state index is 0.214. The molecule has 9 rings (SSSR count). The van der Waals surface area contributed by atoms with Crippen LogP contribution in [0.15, 0.2) is 158 Å². The first-order chi connectivity index (χ1) is 22.8. The summed E-state index contributed by atoms with van der Waals surface area (Å²) in [6.45, 7) is 0. The quantitative estimate of drug-likeness (QED) is 0.186. The van der Waals surface area contributed by atoms with Crippen molar-refractivity contribution in [3.63, 3.8) is 0 Å². The van der Waals surface area contributed by atoms with Crippen LogP contribution >= 0.6 is 0 Å². The maximum absolute atomic E-state index is 12.0. The van der Waals surface area contributed by atoms with E-state index in [1.54, 1.807) is 0 Å². The summed E-state index contributed by atoms with van der Waals surface area (Å²) in [6.07, 6.45) is 0. The van der Waals surface area contributed by atoms with Gasteiger partial charge in [0.15, 0.2) is 0 Å². The number of aromatic nitrogens is 2. The number of H-pyrrole nitrogens is 2. The molecule has 0 aliphatic rings. The number of benzene rings is 7. The lowest BCUT2D eigenvalue weighted by atomic mass is 9.91. The van der Waals surface area contributed by atoms with Crippen LogP contribution < -0.4 is 4.90 Å². The maximum Gasteiger partial charge on any atom is 0.125 e. The highest BCUT2D eigenvalue weighted by molar-refractivity contribution is 6.17. The molecule has 0 atom stereocenters. The average Bonchev–Trinajstić information content (AvgIpc) is 3.69. The van der Waals surface area contributed by atoms with Crippen LogP contribution in [0.2, 0.25) is 0 Å². The van der Waals surface area contributed by atoms with Crippen LogP contribution in [0.3, 0.4) is 0 Å². The van der Waals surface area contributed by atoms with Gasteiger partial charge in [0.05, 0.1) is 22.3 Å². The minimum absolute atomic E-state index is 0.214. The van der Waals surface area contributed by atoms with Crippen molar-refractivity contribution in [3.8, 4) is 28.0 Å². The summed E-state index contributed by atoms with van der Waals surface area (Å²) >= 11 is 0. The topological polar surface area (TPSA) is 55.0 Å². The van der Waals surface area contributed by atoms with Crippen LogP contribution in [0.1, 0.15) is 0 Å². The number of fused-ring (bicyclic) bond motifs is 6. The molecule has 218 valence electrons. The maximum atomic E-state index is 12.0. The Morgan fingerprint density at radius 2 is 0.870 bits per heavy atom. The van der Waals surface area contributed by atoms with Crippen molar-refractivity contribution in [1.82, 2.24) is 9.97 Å². The monoisotopic (exact) mass is 591 g/mol. The van der Waals surface area contributed by atoms with E-state index >= 15 is 0 Å². The number of phenolic OH excluding ortho intramolecular Hbond substituents is 1. The zero-order chi connectivity index (χ0) is 30.6. The Kier molecular flexibility index (Phi) is 5.93. The molecular weight excluding hydrogens is 562 g/mol. The number of rotatable bonds is 5. The van der Waals surface area contributed by atoms with Crippen LogP contribution in [0.4, 0.5) is 17.1 Å². The van der Waals surface area contributed by atoms with Crippen molar-refractivity contribution >= 4 is 60.7 Å². The number of para-hydroxylation sites is 6. The van der Waals surface area contributed by atoms with Gasteiger partial charge in [-0.15, -0.1) is 0 Å². The number of nitrogens with zero attached hydrogens (tertiary/aromatic N) is 1. The highest BCUT2D eigenvalue weighted by Crippen LogP contribution is 2.52. The summed E-state index contributed by atoms with van der Waals surface area (Å²) in [5.41, 5.74) is 10.9. The molecule has 2 heterocycles. The van der Waals surface area contributed by atoms with Crippen LogP contribution in [0, 0.1) is 0 Å². The first-order valence-electron chi connectivity index (χ1n) is 15.5. The van der Waals surface area contributed by atoms with Gasteiger partial charge in [0.2, 0.25) is 0 Å². The van der Waals surface area contributed by atoms with Gasteiger partial charge in [-0.25, -0.2) is 0 Å². The average molecular weight is 592 g/mol. The van der Waals surface area contributed by atoms with Crippen molar-refractivity contribution < 1.29 is 5.11 Å². The van der Waals surface area contributed by atoms with Crippen molar-refractivity contribution in [2.75, 3.05) is 4.90 Å². The number of phenols is 1. The molecule has 3 N–H and O–H groups in total. The van der Waals surface area contributed by atoms with Crippen molar-refractivity contribution in [1.29, 1.82) is 0 Å². The van der Waals surface area contributed by atoms with E-state index in [2.05, 4.69) is 154 Å². The molecule has 0 fully saturated rings. The Labute approximate surface area is 265 Å². The molecule has 0 radical (unpaired) electrons. The van der Waals surface area contributed by atoms with E-state index in [9.17, 15) is 5.11 Å². The van der Waals surface area contributed by atoms with Crippen molar-refractivity contribution in [3.05, 3.63) is 158 Å². The van der Waals surface area contributed by atoms with Crippen LogP contribution in [0.5, 0.6) is 5.75 Å². The molecule has 0 unspecified atom stereocenters. The zero-order valence-corrected chi connectivity index (χ0v) is 24.9. The summed E-state index contributed by atoms with van der Waals surface area (Å²) in [4.78, 5) is 9.68. The number of hydrogen-bond donors (Lipinski definition) is 3. The second-order valence-electron chi connectivity index (χ2n) is 11.7. The fourth-order valence-electron chi connectivity index (χ4n) is 7.04. The highest BCUT2D eigenvalue weighted by atomic mass is 16.3. The molecular formula is C42H29N3O. The summed E-state index contributed by atoms with van der Waals surface area (Å²) in [5.74, 6) is 0.214. The second-order valence-corrected chi connectivity index (χ2v) is 11.7. The number of anilines is 3. The molecule has 0 amide bonds. The van der Waals surface area contributed by atoms with Gasteiger partial charge in [0, 0.05) is 60.6 Å². The van der Waals surface area contributed by atoms with Gasteiger partial charge >= 0.3 is 0 Å². The minimum Gasteiger partial charge on any atom is -0.507 e. The number of aromatic amines is 2. The highest BCUT2D eigenvalue weighted by Gasteiger charge is 2.27. The van der Waals surface area contributed by atoms with E-state index in [1.165, 1.54) is 5.39 Å². The largest absolute Gasteiger partial charge is 0.507 e. The summed E-state index contributed by atoms with van der Waals surface area (Å²) in [6, 6.07) is 54.3. The first kappa shape index (κ1) is 26.2. The third-order valence-corrected chi connectivity index (χ3v) is 9.05. The third-order valence-electron chi connectivity index (χ3n) is 9.05. The van der Waals surface area contributed by atoms with Crippen LogP contribution in [0.25, 0.3) is 65.9 Å². The Bertz CT molecular complexity index is 2510. The lowest BCUT2D eigenvalue weighted by Gasteiger charge is -2.31. The fraction of sp³-hybridized carbons (Fsp3) is 0. The summed E-state index contributed by atoms with van der Waals surface area (Å²) in [5, 5.41) is 16.6. The Morgan fingerprint density at radius 1 is 0.391 bits per heavy atom. The van der Waals surface area contributed by atoms with Crippen molar-refractivity contribution in [2.45, 2.75) is 0 Å². The van der Waals surface area contributed by atoms with E-state index in [4.69, 9.17) is 0 Å². The van der Waals surface area contributed by atoms with Gasteiger partial charge in [-0.3, -0.25) is 0 Å². The summed E-state index contributed by atoms with van der Waals surface area (Å²) in [7, 11) is 0. The molecule has 0 aliphatic carbocycles. The molecule has 0 spiro atoms. The van der Waals surface area contributed by atoms with Gasteiger partial charge in [0.1, 0.15) is 5.75 Å². The Balaban J connectivity index is 1.44. The molecule has 4 nitrogen and oxygen atoms in total. The van der Waals surface area contributed by atoms with E-state index in [0.29, 0.717) is 0 Å². The zero-order valence-electron chi connectivity index (χ0n) is 24.9. The van der Waals surface area contributed by atoms with Crippen LogP contribution in [-0.2, 0) is 0 Å². The molecule has 0 aliphatic heterocycles. The lowest BCUT2D eigenvalue weighted by molar-refractivity contribution is 0.477. The Hall–Kier alpha value is -6.26. The molecule has 7 aromatic carbocycles. The molecule has 9 aromatic rings. The number of hydrogen-bond acceptors (Lipinski definition) is 2. The predicted octanol–water partition coefficient (Wildman–Crippen LogP) is 11.5. The molecule has 46 heavy (non-hydrogen) atoms. The molecule has 4 heteroatoms. The molecule has 0 saturated heterocycles. The van der Waals surface area contributed by atoms with Crippen molar-refractivity contribution in [2.24, 2.45) is 0 Å². The van der Waals surface area contributed by atoms with Gasteiger partial charge in [0.25, 0.3) is 0 Å². The Morgan fingerprint density at radius 3 is 1.46 bits per heavy atom. The first-order valence-corrected chi connectivity index (χ1v) is 15.5. The van der Waals surface area contributed by atoms with Gasteiger partial charge in [-0.1, -0.05) is 109 Å². The molecule has 0 saturated carbocycles. The van der Waals surface area contributed by atoms with Crippen LogP contribution in [-0.4, -0.2) is 15.1 Å². The SMILES string of the molecule is Oc1ccc(-c2cccc3c2[nH]c2ccccc23)c(N(c2ccccc2)c2ccccc2)c1-c1cccc2c1[nH]c1ccccc12. The van der Waals surface area contributed by atoms with E-state index in [0.717, 1.165) is 77.5 Å². The van der Waals surface area contributed by atoms with E-state index in [1.807, 2.05) is 18.2 Å². The standard InChI is InChI=1S/C42H29N3O/c46-38-26-25-34(33-21-11-19-31-29-17-7-9-23-36(29)43-40(31)33)42(45(27-13-3-1-4-14-27)28-15-5-2-6-16-28)39(38)35-22-12-20-32-30-18-8-10-24-37(30)44-41(32)35/h1-26,43-44,46H. The smallest absolute Gasteiger partial charge is 0.125 e. The second kappa shape index (κ2) is 10.4. The van der Waals surface area contributed by atoms with Gasteiger partial charge in [-0.2, -0.15) is 0 Å². The number of nitrogens with one attached hydrogen (secondary N) is 2. The number of aromatic hydroxyl groups is 1. The third kappa shape index (κ3) is 4.01. The van der Waals surface area contributed by atoms with E-state index in [-0.39, 0.29) is 5.75 Å². The van der Waals surface area contributed by atoms with Gasteiger partial charge in [-0.05, 0) is 48.5 Å².